The van der Waals surface area contributed by atoms with Crippen molar-refractivity contribution in [3.05, 3.63) is 77.7 Å². The third-order valence-corrected chi connectivity index (χ3v) is 4.71. The van der Waals surface area contributed by atoms with E-state index in [-0.39, 0.29) is 22.6 Å². The number of aromatic nitrogens is 2. The molecule has 2 aromatic heterocycles. The number of pyridine rings is 2. The number of fused-ring (bicyclic) bond motifs is 1. The summed E-state index contributed by atoms with van der Waals surface area (Å²) < 4.78 is 45.1. The molecule has 2 aromatic carbocycles. The van der Waals surface area contributed by atoms with Crippen molar-refractivity contribution in [2.75, 3.05) is 12.8 Å². The maximum Gasteiger partial charge on any atom is 0.296 e. The Kier molecular flexibility index (Phi) is 4.58. The summed E-state index contributed by atoms with van der Waals surface area (Å²) in [4.78, 5) is 9.57. The van der Waals surface area contributed by atoms with Gasteiger partial charge in [0.2, 0.25) is 6.20 Å². The second-order valence-corrected chi connectivity index (χ2v) is 6.61. The Balaban J connectivity index is 2.14. The van der Waals surface area contributed by atoms with Crippen molar-refractivity contribution < 1.29 is 22.7 Å². The first kappa shape index (κ1) is 18.7. The molecule has 0 aliphatic carbocycles. The SMILES string of the molecule is CO[n+]1ccc2c(-c3ccc(C)cc3F)cc(N)nc2c1-c1c(F)cccc1F. The van der Waals surface area contributed by atoms with Crippen LogP contribution in [0.1, 0.15) is 5.56 Å². The number of rotatable bonds is 3. The summed E-state index contributed by atoms with van der Waals surface area (Å²) in [5.74, 6) is -1.91. The average Bonchev–Trinajstić information content (AvgIpc) is 2.67. The van der Waals surface area contributed by atoms with E-state index in [1.807, 2.05) is 0 Å². The lowest BCUT2D eigenvalue weighted by Crippen LogP contribution is -2.43. The van der Waals surface area contributed by atoms with Crippen LogP contribution in [0.25, 0.3) is 33.3 Å². The topological polar surface area (TPSA) is 52.0 Å². The number of halogens is 3. The van der Waals surface area contributed by atoms with Crippen LogP contribution in [0.3, 0.4) is 0 Å². The summed E-state index contributed by atoms with van der Waals surface area (Å²) in [6, 6.07) is 11.6. The average molecular weight is 396 g/mol. The Bertz CT molecular complexity index is 1240. The highest BCUT2D eigenvalue weighted by atomic mass is 19.1. The van der Waals surface area contributed by atoms with Gasteiger partial charge in [-0.1, -0.05) is 18.2 Å². The zero-order valence-corrected chi connectivity index (χ0v) is 15.7. The van der Waals surface area contributed by atoms with Crippen molar-refractivity contribution in [3.63, 3.8) is 0 Å². The zero-order chi connectivity index (χ0) is 20.7. The van der Waals surface area contributed by atoms with Gasteiger partial charge in [0, 0.05) is 21.7 Å². The van der Waals surface area contributed by atoms with Crippen LogP contribution < -0.4 is 15.3 Å². The first-order valence-corrected chi connectivity index (χ1v) is 8.81. The van der Waals surface area contributed by atoms with E-state index in [4.69, 9.17) is 10.6 Å². The molecule has 0 atom stereocenters. The molecule has 29 heavy (non-hydrogen) atoms. The van der Waals surface area contributed by atoms with Crippen LogP contribution in [-0.4, -0.2) is 12.1 Å². The van der Waals surface area contributed by atoms with Gasteiger partial charge >= 0.3 is 0 Å². The Morgan fingerprint density at radius 2 is 1.66 bits per heavy atom. The predicted molar refractivity (Wildman–Crippen MR) is 104 cm³/mol. The van der Waals surface area contributed by atoms with Crippen molar-refractivity contribution in [1.82, 2.24) is 4.98 Å². The standard InChI is InChI=1S/C22H17F3N3O/c1-12-6-7-13(18(25)10-12)15-11-19(26)27-21-14(15)8-9-28(29-2)22(21)20-16(23)4-3-5-17(20)24/h3-11H,1-2H3,(H2,26,27)/q+1. The molecule has 0 saturated heterocycles. The van der Waals surface area contributed by atoms with Gasteiger partial charge in [0.15, 0.2) is 5.52 Å². The molecule has 0 bridgehead atoms. The molecule has 2 heterocycles. The molecule has 0 aliphatic rings. The molecule has 0 aliphatic heterocycles. The largest absolute Gasteiger partial charge is 0.384 e. The second kappa shape index (κ2) is 7.09. The number of nitrogens with zero attached hydrogens (tertiary/aromatic N) is 2. The Hall–Kier alpha value is -3.61. The van der Waals surface area contributed by atoms with Crippen molar-refractivity contribution in [2.24, 2.45) is 0 Å². The maximum absolute atomic E-state index is 14.7. The lowest BCUT2D eigenvalue weighted by atomic mass is 9.98. The monoisotopic (exact) mass is 396 g/mol. The number of nitrogens with two attached hydrogens (primary N) is 1. The van der Waals surface area contributed by atoms with Crippen molar-refractivity contribution in [1.29, 1.82) is 0 Å². The molecular weight excluding hydrogens is 379 g/mol. The summed E-state index contributed by atoms with van der Waals surface area (Å²) in [6.07, 6.45) is 1.50. The highest BCUT2D eigenvalue weighted by molar-refractivity contribution is 6.01. The molecule has 2 N–H and O–H groups in total. The molecule has 4 aromatic rings. The van der Waals surface area contributed by atoms with Gasteiger partial charge in [-0.25, -0.2) is 18.2 Å². The summed E-state index contributed by atoms with van der Waals surface area (Å²) in [5.41, 5.74) is 7.45. The van der Waals surface area contributed by atoms with Crippen molar-refractivity contribution in [3.8, 4) is 22.4 Å². The second-order valence-electron chi connectivity index (χ2n) is 6.61. The van der Waals surface area contributed by atoms with Gasteiger partial charge in [-0.3, -0.25) is 4.84 Å². The number of aryl methyl sites for hydroxylation is 1. The first-order chi connectivity index (χ1) is 13.9. The van der Waals surface area contributed by atoms with E-state index in [2.05, 4.69) is 4.98 Å². The van der Waals surface area contributed by atoms with Gasteiger partial charge in [0.05, 0.1) is 0 Å². The molecule has 146 valence electrons. The minimum absolute atomic E-state index is 0.0432. The first-order valence-electron chi connectivity index (χ1n) is 8.81. The van der Waals surface area contributed by atoms with Crippen LogP contribution in [0.2, 0.25) is 0 Å². The maximum atomic E-state index is 14.7. The number of nitrogen functional groups attached to an aromatic ring is 1. The van der Waals surface area contributed by atoms with E-state index in [1.54, 1.807) is 25.1 Å². The fraction of sp³-hybridized carbons (Fsp3) is 0.0909. The fourth-order valence-corrected chi connectivity index (χ4v) is 3.41. The van der Waals surface area contributed by atoms with E-state index < -0.39 is 17.5 Å². The number of hydrogen-bond acceptors (Lipinski definition) is 3. The molecular formula is C22H17F3N3O+. The lowest BCUT2D eigenvalue weighted by molar-refractivity contribution is -0.876. The van der Waals surface area contributed by atoms with Crippen LogP contribution in [0.4, 0.5) is 19.0 Å². The number of benzene rings is 2. The van der Waals surface area contributed by atoms with Crippen LogP contribution in [0.15, 0.2) is 54.7 Å². The quantitative estimate of drug-likeness (QED) is 0.528. The summed E-state index contributed by atoms with van der Waals surface area (Å²) in [5, 5.41) is 0.480. The molecule has 4 nitrogen and oxygen atoms in total. The molecule has 0 unspecified atom stereocenters. The van der Waals surface area contributed by atoms with Crippen molar-refractivity contribution >= 4 is 16.7 Å². The molecule has 0 saturated carbocycles. The van der Waals surface area contributed by atoms with Gasteiger partial charge in [-0.15, -0.1) is 0 Å². The van der Waals surface area contributed by atoms with E-state index >= 15 is 0 Å². The fourth-order valence-electron chi connectivity index (χ4n) is 3.41. The van der Waals surface area contributed by atoms with Gasteiger partial charge in [0.1, 0.15) is 35.9 Å². The number of hydrogen-bond donors (Lipinski definition) is 1. The van der Waals surface area contributed by atoms with Crippen LogP contribution in [0.5, 0.6) is 0 Å². The highest BCUT2D eigenvalue weighted by Crippen LogP contribution is 2.35. The summed E-state index contributed by atoms with van der Waals surface area (Å²) >= 11 is 0. The number of anilines is 1. The zero-order valence-electron chi connectivity index (χ0n) is 15.7. The minimum Gasteiger partial charge on any atom is -0.384 e. The van der Waals surface area contributed by atoms with Gasteiger partial charge in [-0.05, 0) is 42.3 Å². The van der Waals surface area contributed by atoms with Crippen LogP contribution in [-0.2, 0) is 0 Å². The third-order valence-electron chi connectivity index (χ3n) is 4.71. The van der Waals surface area contributed by atoms with Crippen LogP contribution in [0, 0.1) is 24.4 Å². The van der Waals surface area contributed by atoms with Gasteiger partial charge in [0.25, 0.3) is 5.69 Å². The minimum atomic E-state index is -0.782. The molecule has 4 rings (SSSR count). The van der Waals surface area contributed by atoms with Gasteiger partial charge < -0.3 is 5.73 Å². The van der Waals surface area contributed by atoms with Crippen LogP contribution >= 0.6 is 0 Å². The Labute approximate surface area is 165 Å². The Morgan fingerprint density at radius 3 is 2.31 bits per heavy atom. The van der Waals surface area contributed by atoms with E-state index in [0.29, 0.717) is 16.5 Å². The molecule has 7 heteroatoms. The third kappa shape index (κ3) is 3.14. The predicted octanol–water partition coefficient (Wildman–Crippen LogP) is 4.22. The molecule has 0 amide bonds. The summed E-state index contributed by atoms with van der Waals surface area (Å²) in [7, 11) is 1.36. The molecule has 0 radical (unpaired) electrons. The van der Waals surface area contributed by atoms with E-state index in [1.165, 1.54) is 36.2 Å². The van der Waals surface area contributed by atoms with Crippen molar-refractivity contribution in [2.45, 2.75) is 6.92 Å². The highest BCUT2D eigenvalue weighted by Gasteiger charge is 2.28. The smallest absolute Gasteiger partial charge is 0.296 e. The van der Waals surface area contributed by atoms with E-state index in [9.17, 15) is 13.2 Å². The normalized spacial score (nSPS) is 11.1. The van der Waals surface area contributed by atoms with E-state index in [0.717, 1.165) is 17.7 Å². The lowest BCUT2D eigenvalue weighted by Gasteiger charge is -2.12. The Morgan fingerprint density at radius 1 is 0.931 bits per heavy atom. The summed E-state index contributed by atoms with van der Waals surface area (Å²) in [6.45, 7) is 1.78. The van der Waals surface area contributed by atoms with Gasteiger partial charge in [-0.2, -0.15) is 0 Å². The molecule has 0 fully saturated rings. The molecule has 0 spiro atoms.